The van der Waals surface area contributed by atoms with Crippen molar-refractivity contribution >= 4 is 29.3 Å². The van der Waals surface area contributed by atoms with E-state index in [9.17, 15) is 14.7 Å². The van der Waals surface area contributed by atoms with Crippen molar-refractivity contribution in [3.63, 3.8) is 0 Å². The van der Waals surface area contributed by atoms with Crippen LogP contribution in [0.25, 0.3) is 11.1 Å². The van der Waals surface area contributed by atoms with E-state index in [2.05, 4.69) is 39.2 Å². The van der Waals surface area contributed by atoms with Crippen LogP contribution in [0.4, 0.5) is 10.5 Å². The van der Waals surface area contributed by atoms with Gasteiger partial charge in [-0.15, -0.1) is 0 Å². The van der Waals surface area contributed by atoms with Crippen LogP contribution in [-0.4, -0.2) is 75.7 Å². The lowest BCUT2D eigenvalue weighted by Gasteiger charge is -2.38. The summed E-state index contributed by atoms with van der Waals surface area (Å²) in [5.41, 5.74) is 4.19. The number of carbonyl (C=O) groups is 2. The number of carbonyl (C=O) groups excluding carboxylic acids is 2. The van der Waals surface area contributed by atoms with Gasteiger partial charge in [-0.1, -0.05) is 23.7 Å². The van der Waals surface area contributed by atoms with Crippen molar-refractivity contribution in [3.8, 4) is 17.0 Å². The summed E-state index contributed by atoms with van der Waals surface area (Å²) >= 11 is 6.39. The summed E-state index contributed by atoms with van der Waals surface area (Å²) in [5, 5.41) is 14.7. The van der Waals surface area contributed by atoms with Crippen molar-refractivity contribution in [2.75, 3.05) is 31.6 Å². The predicted octanol–water partition coefficient (Wildman–Crippen LogP) is 6.62. The molecule has 47 heavy (non-hydrogen) atoms. The fourth-order valence-corrected chi connectivity index (χ4v) is 7.67. The summed E-state index contributed by atoms with van der Waals surface area (Å²) in [7, 11) is 1.57. The highest BCUT2D eigenvalue weighted by molar-refractivity contribution is 6.31. The van der Waals surface area contributed by atoms with Crippen molar-refractivity contribution in [2.45, 2.75) is 88.4 Å². The highest BCUT2D eigenvalue weighted by atomic mass is 35.5. The molecule has 3 heterocycles. The molecule has 7 rings (SSSR count). The Balaban J connectivity index is 1.04. The number of β-amino-alcohol motifs (C(OH)–C–C–N with tert-alkyl or cyclic N) is 1. The third kappa shape index (κ3) is 7.28. The number of ether oxygens (including phenoxy) is 2. The van der Waals surface area contributed by atoms with E-state index in [-0.39, 0.29) is 24.0 Å². The van der Waals surface area contributed by atoms with Crippen LogP contribution < -0.4 is 9.64 Å². The summed E-state index contributed by atoms with van der Waals surface area (Å²) < 4.78 is 13.0. The predicted molar refractivity (Wildman–Crippen MR) is 179 cm³/mol. The van der Waals surface area contributed by atoms with E-state index in [1.807, 2.05) is 29.4 Å². The first-order valence-electron chi connectivity index (χ1n) is 17.1. The third-order valence-corrected chi connectivity index (χ3v) is 10.7. The number of halogens is 1. The van der Waals surface area contributed by atoms with Crippen molar-refractivity contribution in [1.29, 1.82) is 0 Å². The molecule has 2 aromatic heterocycles. The quantitative estimate of drug-likeness (QED) is 0.274. The van der Waals surface area contributed by atoms with Crippen LogP contribution in [0.3, 0.4) is 0 Å². The molecular weight excluding hydrogens is 618 g/mol. The number of rotatable bonds is 9. The first-order chi connectivity index (χ1) is 22.8. The molecule has 0 radical (unpaired) electrons. The molecule has 0 bridgehead atoms. The van der Waals surface area contributed by atoms with Crippen LogP contribution in [-0.2, 0) is 9.53 Å². The Hall–Kier alpha value is -3.63. The van der Waals surface area contributed by atoms with Crippen molar-refractivity contribution in [1.82, 2.24) is 19.7 Å². The molecule has 0 spiro atoms. The summed E-state index contributed by atoms with van der Waals surface area (Å²) in [6.45, 7) is 1.33. The van der Waals surface area contributed by atoms with E-state index in [4.69, 9.17) is 21.1 Å². The molecule has 1 aromatic carbocycles. The number of hydrogen-bond acceptors (Lipinski definition) is 7. The zero-order chi connectivity index (χ0) is 32.5. The Morgan fingerprint density at radius 2 is 1.74 bits per heavy atom. The Kier molecular flexibility index (Phi) is 9.41. The SMILES string of the molecule is COc1ncc([C@H]2CC[C@H](CN(c3cccc(-c4cnn(C5CC5)c4)c3)C(=O)[C@H]3CC[C@H](OC(=O)N4CC(O)C4)CC3)CC2)cc1Cl. The monoisotopic (exact) mass is 661 g/mol. The Bertz CT molecular complexity index is 1570. The van der Waals surface area contributed by atoms with Gasteiger partial charge < -0.3 is 24.4 Å². The first-order valence-corrected chi connectivity index (χ1v) is 17.5. The molecule has 3 aromatic rings. The van der Waals surface area contributed by atoms with Crippen LogP contribution in [0.5, 0.6) is 5.88 Å². The largest absolute Gasteiger partial charge is 0.480 e. The van der Waals surface area contributed by atoms with E-state index in [1.165, 1.54) is 17.7 Å². The van der Waals surface area contributed by atoms with Crippen LogP contribution in [0.15, 0.2) is 48.9 Å². The summed E-state index contributed by atoms with van der Waals surface area (Å²) in [4.78, 5) is 34.7. The zero-order valence-electron chi connectivity index (χ0n) is 27.0. The Labute approximate surface area is 281 Å². The van der Waals surface area contributed by atoms with E-state index in [1.54, 1.807) is 7.11 Å². The second-order valence-corrected chi connectivity index (χ2v) is 14.2. The maximum Gasteiger partial charge on any atom is 0.410 e. The molecule has 0 atom stereocenters. The lowest BCUT2D eigenvalue weighted by molar-refractivity contribution is -0.124. The number of aromatic nitrogens is 3. The van der Waals surface area contributed by atoms with Gasteiger partial charge in [-0.05, 0) is 105 Å². The highest BCUT2D eigenvalue weighted by Gasteiger charge is 2.36. The number of amides is 2. The molecule has 2 amide bonds. The van der Waals surface area contributed by atoms with E-state index in [0.29, 0.717) is 74.1 Å². The highest BCUT2D eigenvalue weighted by Crippen LogP contribution is 2.40. The van der Waals surface area contributed by atoms with Crippen molar-refractivity contribution in [3.05, 3.63) is 59.5 Å². The molecular formula is C36H44ClN5O5. The Morgan fingerprint density at radius 3 is 2.43 bits per heavy atom. The van der Waals surface area contributed by atoms with Crippen LogP contribution >= 0.6 is 11.6 Å². The second kappa shape index (κ2) is 13.8. The summed E-state index contributed by atoms with van der Waals surface area (Å²) in [6.07, 6.45) is 14.0. The number of likely N-dealkylation sites (tertiary alicyclic amines) is 1. The average molecular weight is 662 g/mol. The van der Waals surface area contributed by atoms with Crippen LogP contribution in [0.1, 0.15) is 81.7 Å². The van der Waals surface area contributed by atoms with E-state index >= 15 is 0 Å². The van der Waals surface area contributed by atoms with Crippen LogP contribution in [0.2, 0.25) is 5.02 Å². The minimum Gasteiger partial charge on any atom is -0.480 e. The van der Waals surface area contributed by atoms with Gasteiger partial charge in [0, 0.05) is 36.1 Å². The smallest absolute Gasteiger partial charge is 0.410 e. The fourth-order valence-electron chi connectivity index (χ4n) is 7.42. The number of benzene rings is 1. The number of aliphatic hydroxyl groups is 1. The van der Waals surface area contributed by atoms with Gasteiger partial charge in [0.25, 0.3) is 0 Å². The minimum atomic E-state index is -0.456. The maximum absolute atomic E-state index is 14.4. The van der Waals surface area contributed by atoms with Gasteiger partial charge in [-0.3, -0.25) is 9.48 Å². The summed E-state index contributed by atoms with van der Waals surface area (Å²) in [5.74, 6) is 1.24. The molecule has 1 aliphatic heterocycles. The van der Waals surface area contributed by atoms with Crippen molar-refractivity contribution in [2.24, 2.45) is 11.8 Å². The van der Waals surface area contributed by atoms with E-state index in [0.717, 1.165) is 48.1 Å². The average Bonchev–Trinajstić information content (AvgIpc) is 3.81. The molecule has 11 heteroatoms. The molecule has 4 fully saturated rings. The van der Waals surface area contributed by atoms with Gasteiger partial charge in [0.2, 0.25) is 11.8 Å². The normalized spacial score (nSPS) is 24.8. The topological polar surface area (TPSA) is 110 Å². The second-order valence-electron chi connectivity index (χ2n) is 13.8. The van der Waals surface area contributed by atoms with Gasteiger partial charge in [0.1, 0.15) is 11.1 Å². The number of methoxy groups -OCH3 is 1. The lowest BCUT2D eigenvalue weighted by atomic mass is 9.78. The number of hydrogen-bond donors (Lipinski definition) is 1. The molecule has 3 saturated carbocycles. The number of aliphatic hydroxyl groups excluding tert-OH is 1. The standard InChI is InChI=1S/C36H44ClN5O5/c1-46-34-33(37)16-27(17-38-34)24-7-5-23(6-8-24)19-41(30-4-2-3-26(15-30)28-18-39-42(20-28)29-11-12-29)35(44)25-9-13-32(14-10-25)47-36(45)40-21-31(43)22-40/h2-4,15-18,20,23-25,29,31-32,43H,5-14,19,21-22H2,1H3/t23-,24-,25-,32-. The third-order valence-electron chi connectivity index (χ3n) is 10.5. The fraction of sp³-hybridized carbons (Fsp3) is 0.556. The van der Waals surface area contributed by atoms with Gasteiger partial charge in [-0.2, -0.15) is 5.10 Å². The molecule has 0 unspecified atom stereocenters. The number of anilines is 1. The minimum absolute atomic E-state index is 0.124. The Morgan fingerprint density at radius 1 is 0.979 bits per heavy atom. The lowest BCUT2D eigenvalue weighted by Crippen LogP contribution is -2.54. The van der Waals surface area contributed by atoms with Crippen LogP contribution in [0, 0.1) is 11.8 Å². The molecule has 3 aliphatic carbocycles. The molecule has 4 aliphatic rings. The first kappa shape index (κ1) is 31.9. The van der Waals surface area contributed by atoms with Gasteiger partial charge in [0.15, 0.2) is 0 Å². The number of pyridine rings is 1. The molecule has 250 valence electrons. The van der Waals surface area contributed by atoms with Gasteiger partial charge in [-0.25, -0.2) is 9.78 Å². The van der Waals surface area contributed by atoms with E-state index < -0.39 is 6.10 Å². The number of nitrogens with zero attached hydrogens (tertiary/aromatic N) is 5. The molecule has 10 nitrogen and oxygen atoms in total. The molecule has 1 N–H and O–H groups in total. The summed E-state index contributed by atoms with van der Waals surface area (Å²) in [6, 6.07) is 10.8. The van der Waals surface area contributed by atoms with Crippen molar-refractivity contribution < 1.29 is 24.2 Å². The zero-order valence-corrected chi connectivity index (χ0v) is 27.7. The van der Waals surface area contributed by atoms with Gasteiger partial charge in [0.05, 0.1) is 38.5 Å². The molecule has 1 saturated heterocycles. The van der Waals surface area contributed by atoms with Gasteiger partial charge >= 0.3 is 6.09 Å². The maximum atomic E-state index is 14.4.